The Bertz CT molecular complexity index is 755. The van der Waals surface area contributed by atoms with E-state index < -0.39 is 11.5 Å². The Morgan fingerprint density at radius 3 is 2.86 bits per heavy atom. The Balaban J connectivity index is 2.18. The smallest absolute Gasteiger partial charge is 0.291 e. The Morgan fingerprint density at radius 2 is 2.24 bits per heavy atom. The summed E-state index contributed by atoms with van der Waals surface area (Å²) in [4.78, 5) is 24.6. The third-order valence-corrected chi connectivity index (χ3v) is 3.47. The number of nitrogens with zero attached hydrogens (tertiary/aromatic N) is 3. The van der Waals surface area contributed by atoms with Gasteiger partial charge in [0.05, 0.1) is 6.20 Å². The molecule has 0 aliphatic heterocycles. The number of carbonyl (C=O) groups is 1. The summed E-state index contributed by atoms with van der Waals surface area (Å²) < 4.78 is 2.71. The number of hydrogen-bond acceptors (Lipinski definition) is 4. The van der Waals surface area contributed by atoms with E-state index >= 15 is 0 Å². The van der Waals surface area contributed by atoms with E-state index in [-0.39, 0.29) is 23.4 Å². The van der Waals surface area contributed by atoms with E-state index in [0.29, 0.717) is 12.2 Å². The van der Waals surface area contributed by atoms with Crippen LogP contribution < -0.4 is 10.9 Å². The molecular weight excluding hydrogens is 272 g/mol. The van der Waals surface area contributed by atoms with E-state index in [2.05, 4.69) is 10.4 Å². The highest BCUT2D eigenvalue weighted by Crippen LogP contribution is 2.22. The van der Waals surface area contributed by atoms with Crippen LogP contribution in [0.25, 0.3) is 5.65 Å². The number of amides is 1. The molecule has 1 amide bonds. The van der Waals surface area contributed by atoms with E-state index in [0.717, 1.165) is 17.4 Å². The molecule has 1 aliphatic carbocycles. The summed E-state index contributed by atoms with van der Waals surface area (Å²) in [5.41, 5.74) is -0.349. The van der Waals surface area contributed by atoms with Crippen molar-refractivity contribution in [3.8, 4) is 5.88 Å². The number of aromatic hydroxyl groups is 1. The first-order valence-corrected chi connectivity index (χ1v) is 7.09. The molecule has 112 valence electrons. The predicted molar refractivity (Wildman–Crippen MR) is 76.4 cm³/mol. The molecule has 7 nitrogen and oxygen atoms in total. The van der Waals surface area contributed by atoms with Gasteiger partial charge in [-0.3, -0.25) is 14.2 Å². The second kappa shape index (κ2) is 4.91. The Labute approximate surface area is 121 Å². The summed E-state index contributed by atoms with van der Waals surface area (Å²) in [5.74, 6) is -0.578. The van der Waals surface area contributed by atoms with Crippen LogP contribution in [-0.2, 0) is 6.54 Å². The lowest BCUT2D eigenvalue weighted by Crippen LogP contribution is -2.34. The fourth-order valence-electron chi connectivity index (χ4n) is 2.33. The summed E-state index contributed by atoms with van der Waals surface area (Å²) in [6, 6.07) is 1.76. The van der Waals surface area contributed by atoms with Crippen LogP contribution >= 0.6 is 0 Å². The van der Waals surface area contributed by atoms with Crippen molar-refractivity contribution in [2.75, 3.05) is 0 Å². The van der Waals surface area contributed by atoms with Gasteiger partial charge in [-0.1, -0.05) is 13.8 Å². The number of nitrogens with one attached hydrogen (secondary N) is 1. The first-order chi connectivity index (χ1) is 9.99. The van der Waals surface area contributed by atoms with E-state index in [9.17, 15) is 14.7 Å². The molecule has 0 saturated heterocycles. The van der Waals surface area contributed by atoms with Gasteiger partial charge in [0.2, 0.25) is 5.88 Å². The average molecular weight is 290 g/mol. The van der Waals surface area contributed by atoms with Gasteiger partial charge in [0.1, 0.15) is 5.65 Å². The van der Waals surface area contributed by atoms with Crippen molar-refractivity contribution in [1.29, 1.82) is 0 Å². The predicted octanol–water partition coefficient (Wildman–Crippen LogP) is 0.750. The molecule has 0 aromatic carbocycles. The van der Waals surface area contributed by atoms with Gasteiger partial charge in [0.15, 0.2) is 5.56 Å². The first kappa shape index (κ1) is 13.7. The molecule has 2 N–H and O–H groups in total. The van der Waals surface area contributed by atoms with E-state index in [1.165, 1.54) is 6.20 Å². The molecule has 21 heavy (non-hydrogen) atoms. The van der Waals surface area contributed by atoms with Crippen LogP contribution in [0.5, 0.6) is 5.88 Å². The van der Waals surface area contributed by atoms with E-state index in [4.69, 9.17) is 0 Å². The standard InChI is InChI=1S/C14H18N4O3/c1-8(2)7-17-10-5-6-15-18(10)14(21)11(13(17)20)12(19)16-9-3-4-9/h5-6,8-9,20H,3-4,7H2,1-2H3,(H,16,19). The van der Waals surface area contributed by atoms with Crippen LogP contribution in [0, 0.1) is 5.92 Å². The third-order valence-electron chi connectivity index (χ3n) is 3.47. The molecule has 0 unspecified atom stereocenters. The van der Waals surface area contributed by atoms with Gasteiger partial charge in [0, 0.05) is 18.7 Å². The molecule has 0 spiro atoms. The van der Waals surface area contributed by atoms with Crippen LogP contribution in [-0.4, -0.2) is 31.2 Å². The first-order valence-electron chi connectivity index (χ1n) is 7.09. The number of carbonyl (C=O) groups excluding carboxylic acids is 1. The molecular formula is C14H18N4O3. The topological polar surface area (TPSA) is 88.6 Å². The number of rotatable bonds is 4. The SMILES string of the molecule is CC(C)Cn1c(O)c(C(=O)NC2CC2)c(=O)n2nccc12. The Morgan fingerprint density at radius 1 is 1.52 bits per heavy atom. The van der Waals surface area contributed by atoms with Crippen molar-refractivity contribution in [3.63, 3.8) is 0 Å². The maximum absolute atomic E-state index is 12.4. The van der Waals surface area contributed by atoms with Crippen molar-refractivity contribution < 1.29 is 9.90 Å². The highest BCUT2D eigenvalue weighted by atomic mass is 16.3. The molecule has 3 rings (SSSR count). The van der Waals surface area contributed by atoms with E-state index in [1.807, 2.05) is 13.8 Å². The number of aromatic nitrogens is 3. The molecule has 0 bridgehead atoms. The molecule has 2 aromatic heterocycles. The highest BCUT2D eigenvalue weighted by molar-refractivity contribution is 5.96. The zero-order valence-corrected chi connectivity index (χ0v) is 12.0. The molecule has 0 atom stereocenters. The summed E-state index contributed by atoms with van der Waals surface area (Å²) in [6.45, 7) is 4.48. The van der Waals surface area contributed by atoms with Gasteiger partial charge in [-0.05, 0) is 18.8 Å². The fourth-order valence-corrected chi connectivity index (χ4v) is 2.33. The van der Waals surface area contributed by atoms with Gasteiger partial charge >= 0.3 is 0 Å². The van der Waals surface area contributed by atoms with Gasteiger partial charge in [-0.25, -0.2) is 0 Å². The molecule has 7 heteroatoms. The highest BCUT2D eigenvalue weighted by Gasteiger charge is 2.29. The number of hydrogen-bond donors (Lipinski definition) is 2. The van der Waals surface area contributed by atoms with Gasteiger partial charge in [-0.2, -0.15) is 9.61 Å². The Kier molecular flexibility index (Phi) is 3.19. The quantitative estimate of drug-likeness (QED) is 0.869. The maximum Gasteiger partial charge on any atom is 0.291 e. The monoisotopic (exact) mass is 290 g/mol. The van der Waals surface area contributed by atoms with Crippen molar-refractivity contribution in [1.82, 2.24) is 19.5 Å². The van der Waals surface area contributed by atoms with Crippen LogP contribution in [0.3, 0.4) is 0 Å². The minimum absolute atomic E-state index is 0.114. The number of fused-ring (bicyclic) bond motifs is 1. The van der Waals surface area contributed by atoms with Crippen molar-refractivity contribution >= 4 is 11.6 Å². The summed E-state index contributed by atoms with van der Waals surface area (Å²) in [7, 11) is 0. The van der Waals surface area contributed by atoms with Gasteiger partial charge in [0.25, 0.3) is 11.5 Å². The minimum Gasteiger partial charge on any atom is -0.494 e. The molecule has 1 fully saturated rings. The minimum atomic E-state index is -0.592. The summed E-state index contributed by atoms with van der Waals surface area (Å²) in [5, 5.41) is 17.1. The molecule has 1 aliphatic rings. The lowest BCUT2D eigenvalue weighted by molar-refractivity contribution is 0.0944. The van der Waals surface area contributed by atoms with E-state index in [1.54, 1.807) is 10.6 Å². The lowest BCUT2D eigenvalue weighted by atomic mass is 10.2. The van der Waals surface area contributed by atoms with Gasteiger partial charge < -0.3 is 10.4 Å². The molecule has 2 aromatic rings. The fraction of sp³-hybridized carbons (Fsp3) is 0.500. The lowest BCUT2D eigenvalue weighted by Gasteiger charge is -2.16. The van der Waals surface area contributed by atoms with Crippen molar-refractivity contribution in [2.45, 2.75) is 39.3 Å². The van der Waals surface area contributed by atoms with Crippen LogP contribution in [0.15, 0.2) is 17.1 Å². The molecule has 0 radical (unpaired) electrons. The summed E-state index contributed by atoms with van der Waals surface area (Å²) in [6.07, 6.45) is 3.31. The van der Waals surface area contributed by atoms with Gasteiger partial charge in [-0.15, -0.1) is 0 Å². The summed E-state index contributed by atoms with van der Waals surface area (Å²) >= 11 is 0. The second-order valence-electron chi connectivity index (χ2n) is 5.86. The van der Waals surface area contributed by atoms with Crippen molar-refractivity contribution in [3.05, 3.63) is 28.2 Å². The Hall–Kier alpha value is -2.31. The molecule has 1 saturated carbocycles. The van der Waals surface area contributed by atoms with Crippen molar-refractivity contribution in [2.24, 2.45) is 5.92 Å². The zero-order valence-electron chi connectivity index (χ0n) is 12.0. The molecule has 2 heterocycles. The second-order valence-corrected chi connectivity index (χ2v) is 5.86. The largest absolute Gasteiger partial charge is 0.494 e. The van der Waals surface area contributed by atoms with Crippen LogP contribution in [0.2, 0.25) is 0 Å². The van der Waals surface area contributed by atoms with Crippen LogP contribution in [0.4, 0.5) is 0 Å². The maximum atomic E-state index is 12.4. The average Bonchev–Trinajstić information content (AvgIpc) is 3.07. The third kappa shape index (κ3) is 2.39. The normalized spacial score (nSPS) is 14.8. The zero-order chi connectivity index (χ0) is 15.1. The van der Waals surface area contributed by atoms with Crippen LogP contribution in [0.1, 0.15) is 37.0 Å².